The summed E-state index contributed by atoms with van der Waals surface area (Å²) in [6.45, 7) is 6.18. The molecule has 1 aliphatic rings. The summed E-state index contributed by atoms with van der Waals surface area (Å²) in [6, 6.07) is 0.604. The van der Waals surface area contributed by atoms with Gasteiger partial charge in [0.05, 0.1) is 6.10 Å². The van der Waals surface area contributed by atoms with E-state index in [1.807, 2.05) is 0 Å². The third kappa shape index (κ3) is 3.65. The van der Waals surface area contributed by atoms with Crippen molar-refractivity contribution in [3.8, 4) is 0 Å². The van der Waals surface area contributed by atoms with Crippen LogP contribution in [0.15, 0.2) is 0 Å². The minimum absolute atomic E-state index is 0.465. The topological polar surface area (TPSA) is 21.3 Å². The second-order valence-electron chi connectivity index (χ2n) is 3.80. The van der Waals surface area contributed by atoms with Crippen LogP contribution < -0.4 is 5.32 Å². The molecular formula is C11H23NO. The van der Waals surface area contributed by atoms with Gasteiger partial charge in [-0.3, -0.25) is 0 Å². The Hall–Kier alpha value is -0.0800. The highest BCUT2D eigenvalue weighted by Gasteiger charge is 2.22. The highest BCUT2D eigenvalue weighted by molar-refractivity contribution is 4.79. The summed E-state index contributed by atoms with van der Waals surface area (Å²) in [6.07, 6.45) is 7.08. The Bertz CT molecular complexity index is 113. The van der Waals surface area contributed by atoms with E-state index in [1.165, 1.54) is 32.1 Å². The molecule has 1 N–H and O–H groups in total. The maximum Gasteiger partial charge on any atom is 0.0727 e. The van der Waals surface area contributed by atoms with Crippen molar-refractivity contribution in [1.29, 1.82) is 0 Å². The van der Waals surface area contributed by atoms with E-state index in [4.69, 9.17) is 4.74 Å². The molecule has 0 heterocycles. The second-order valence-corrected chi connectivity index (χ2v) is 3.80. The van der Waals surface area contributed by atoms with Crippen molar-refractivity contribution in [3.63, 3.8) is 0 Å². The molecule has 13 heavy (non-hydrogen) atoms. The van der Waals surface area contributed by atoms with Gasteiger partial charge in [0.1, 0.15) is 0 Å². The van der Waals surface area contributed by atoms with Gasteiger partial charge in [0.15, 0.2) is 0 Å². The van der Waals surface area contributed by atoms with Crippen LogP contribution in [0.4, 0.5) is 0 Å². The summed E-state index contributed by atoms with van der Waals surface area (Å²) in [4.78, 5) is 0. The summed E-state index contributed by atoms with van der Waals surface area (Å²) in [5.74, 6) is 0. The Morgan fingerprint density at radius 3 is 2.62 bits per heavy atom. The van der Waals surface area contributed by atoms with Crippen molar-refractivity contribution in [1.82, 2.24) is 5.32 Å². The van der Waals surface area contributed by atoms with Crippen LogP contribution in [0.5, 0.6) is 0 Å². The first-order chi connectivity index (χ1) is 6.38. The van der Waals surface area contributed by atoms with Crippen LogP contribution in [0.2, 0.25) is 0 Å². The molecule has 0 saturated heterocycles. The fourth-order valence-electron chi connectivity index (χ4n) is 2.18. The summed E-state index contributed by atoms with van der Waals surface area (Å²) >= 11 is 0. The van der Waals surface area contributed by atoms with Gasteiger partial charge in [-0.15, -0.1) is 0 Å². The first kappa shape index (κ1) is 11.0. The lowest BCUT2D eigenvalue weighted by Gasteiger charge is -2.25. The molecular weight excluding hydrogens is 162 g/mol. The highest BCUT2D eigenvalue weighted by Crippen LogP contribution is 2.20. The van der Waals surface area contributed by atoms with Crippen LogP contribution in [0, 0.1) is 0 Å². The van der Waals surface area contributed by atoms with Gasteiger partial charge in [-0.05, 0) is 26.3 Å². The Morgan fingerprint density at radius 2 is 1.92 bits per heavy atom. The number of likely N-dealkylation sites (N-methyl/N-ethyl adjacent to an activating group) is 1. The Morgan fingerprint density at radius 1 is 1.15 bits per heavy atom. The van der Waals surface area contributed by atoms with Crippen molar-refractivity contribution < 1.29 is 4.74 Å². The molecule has 1 fully saturated rings. The Kier molecular flexibility index (Phi) is 5.40. The van der Waals surface area contributed by atoms with Gasteiger partial charge in [0.2, 0.25) is 0 Å². The van der Waals surface area contributed by atoms with Crippen LogP contribution in [-0.2, 0) is 4.74 Å². The van der Waals surface area contributed by atoms with Crippen LogP contribution in [0.3, 0.4) is 0 Å². The molecule has 0 spiro atoms. The zero-order valence-corrected chi connectivity index (χ0v) is 9.01. The Labute approximate surface area is 82.0 Å². The average Bonchev–Trinajstić information content (AvgIpc) is 2.33. The lowest BCUT2D eigenvalue weighted by Crippen LogP contribution is -2.40. The molecule has 0 aromatic rings. The van der Waals surface area contributed by atoms with Crippen molar-refractivity contribution in [3.05, 3.63) is 0 Å². The fraction of sp³-hybridized carbons (Fsp3) is 1.00. The van der Waals surface area contributed by atoms with Crippen LogP contribution in [0.25, 0.3) is 0 Å². The minimum Gasteiger partial charge on any atom is -0.377 e. The molecule has 0 aromatic heterocycles. The lowest BCUT2D eigenvalue weighted by molar-refractivity contribution is 0.0306. The first-order valence-electron chi connectivity index (χ1n) is 5.73. The Balaban J connectivity index is 2.40. The van der Waals surface area contributed by atoms with E-state index < -0.39 is 0 Å². The number of hydrogen-bond donors (Lipinski definition) is 1. The van der Waals surface area contributed by atoms with E-state index in [0.717, 1.165) is 13.2 Å². The normalized spacial score (nSPS) is 30.0. The van der Waals surface area contributed by atoms with E-state index in [9.17, 15) is 0 Å². The number of rotatable bonds is 4. The van der Waals surface area contributed by atoms with Gasteiger partial charge in [0, 0.05) is 12.6 Å². The number of hydrogen-bond acceptors (Lipinski definition) is 2. The van der Waals surface area contributed by atoms with E-state index in [0.29, 0.717) is 12.1 Å². The molecule has 0 amide bonds. The molecule has 1 rings (SSSR count). The molecule has 1 saturated carbocycles. The maximum absolute atomic E-state index is 5.77. The monoisotopic (exact) mass is 185 g/mol. The van der Waals surface area contributed by atoms with Gasteiger partial charge >= 0.3 is 0 Å². The fourth-order valence-corrected chi connectivity index (χ4v) is 2.18. The molecule has 2 heteroatoms. The molecule has 2 atom stereocenters. The van der Waals surface area contributed by atoms with E-state index in [-0.39, 0.29) is 0 Å². The van der Waals surface area contributed by atoms with Gasteiger partial charge < -0.3 is 10.1 Å². The lowest BCUT2D eigenvalue weighted by atomic mass is 10.1. The molecule has 0 aromatic carbocycles. The largest absolute Gasteiger partial charge is 0.377 e. The van der Waals surface area contributed by atoms with Gasteiger partial charge in [-0.25, -0.2) is 0 Å². The van der Waals surface area contributed by atoms with Crippen molar-refractivity contribution in [2.24, 2.45) is 0 Å². The smallest absolute Gasteiger partial charge is 0.0727 e. The molecule has 1 aliphatic carbocycles. The van der Waals surface area contributed by atoms with E-state index >= 15 is 0 Å². The molecule has 0 aliphatic heterocycles. The van der Waals surface area contributed by atoms with Crippen molar-refractivity contribution in [2.45, 2.75) is 58.1 Å². The quantitative estimate of drug-likeness (QED) is 0.679. The SMILES string of the molecule is CCN[C@H]1CCCCC[C@@H]1OCC. The van der Waals surface area contributed by atoms with Gasteiger partial charge in [-0.1, -0.05) is 26.2 Å². The number of nitrogens with one attached hydrogen (secondary N) is 1. The van der Waals surface area contributed by atoms with E-state index in [2.05, 4.69) is 19.2 Å². The molecule has 0 bridgehead atoms. The molecule has 0 radical (unpaired) electrons. The predicted molar refractivity (Wildman–Crippen MR) is 56.0 cm³/mol. The van der Waals surface area contributed by atoms with Crippen LogP contribution in [-0.4, -0.2) is 25.3 Å². The highest BCUT2D eigenvalue weighted by atomic mass is 16.5. The van der Waals surface area contributed by atoms with Crippen LogP contribution >= 0.6 is 0 Å². The predicted octanol–water partition coefficient (Wildman–Crippen LogP) is 2.33. The molecule has 0 unspecified atom stereocenters. The number of ether oxygens (including phenoxy) is 1. The van der Waals surface area contributed by atoms with Crippen molar-refractivity contribution in [2.75, 3.05) is 13.2 Å². The van der Waals surface area contributed by atoms with Gasteiger partial charge in [-0.2, -0.15) is 0 Å². The summed E-state index contributed by atoms with van der Waals surface area (Å²) in [5, 5.41) is 3.53. The van der Waals surface area contributed by atoms with Gasteiger partial charge in [0.25, 0.3) is 0 Å². The molecule has 78 valence electrons. The third-order valence-electron chi connectivity index (χ3n) is 2.80. The van der Waals surface area contributed by atoms with Crippen molar-refractivity contribution >= 4 is 0 Å². The van der Waals surface area contributed by atoms with Crippen LogP contribution in [0.1, 0.15) is 46.0 Å². The molecule has 2 nitrogen and oxygen atoms in total. The second kappa shape index (κ2) is 6.39. The maximum atomic E-state index is 5.77. The zero-order chi connectivity index (χ0) is 9.52. The summed E-state index contributed by atoms with van der Waals surface area (Å²) < 4.78 is 5.77. The zero-order valence-electron chi connectivity index (χ0n) is 9.01. The third-order valence-corrected chi connectivity index (χ3v) is 2.80. The summed E-state index contributed by atoms with van der Waals surface area (Å²) in [5.41, 5.74) is 0. The first-order valence-corrected chi connectivity index (χ1v) is 5.73. The standard InChI is InChI=1S/C11H23NO/c1-3-12-10-8-6-5-7-9-11(10)13-4-2/h10-12H,3-9H2,1-2H3/t10-,11-/m0/s1. The summed E-state index contributed by atoms with van der Waals surface area (Å²) in [7, 11) is 0. The average molecular weight is 185 g/mol. The minimum atomic E-state index is 0.465. The van der Waals surface area contributed by atoms with E-state index in [1.54, 1.807) is 0 Å².